The number of nitrogens with zero attached hydrogens (tertiary/aromatic N) is 3. The Morgan fingerprint density at radius 3 is 2.35 bits per heavy atom. The number of nitrogens with two attached hydrogens (primary N) is 1. The number of hydrogen-bond donors (Lipinski definition) is 1. The number of anilines is 1. The SMILES string of the molecule is Cc1nc(SCc2csc(N)n2)nc(C)c1C. The third kappa shape index (κ3) is 2.95. The summed E-state index contributed by atoms with van der Waals surface area (Å²) in [6, 6.07) is 0. The molecule has 0 spiro atoms. The lowest BCUT2D eigenvalue weighted by Crippen LogP contribution is -1.98. The molecule has 2 heterocycles. The number of thioether (sulfide) groups is 1. The van der Waals surface area contributed by atoms with E-state index in [2.05, 4.69) is 15.0 Å². The van der Waals surface area contributed by atoms with Gasteiger partial charge in [-0.05, 0) is 26.3 Å². The van der Waals surface area contributed by atoms with Gasteiger partial charge in [0.05, 0.1) is 5.69 Å². The van der Waals surface area contributed by atoms with Gasteiger partial charge < -0.3 is 5.73 Å². The number of rotatable bonds is 3. The van der Waals surface area contributed by atoms with Crippen LogP contribution in [-0.2, 0) is 5.75 Å². The normalized spacial score (nSPS) is 10.8. The molecule has 0 aliphatic carbocycles. The van der Waals surface area contributed by atoms with Gasteiger partial charge in [-0.1, -0.05) is 11.8 Å². The first-order valence-electron chi connectivity index (χ1n) is 5.21. The molecule has 2 N–H and O–H groups in total. The Morgan fingerprint density at radius 1 is 1.18 bits per heavy atom. The van der Waals surface area contributed by atoms with E-state index >= 15 is 0 Å². The number of hydrogen-bond acceptors (Lipinski definition) is 6. The lowest BCUT2D eigenvalue weighted by molar-refractivity contribution is 0.880. The van der Waals surface area contributed by atoms with Crippen LogP contribution in [0.25, 0.3) is 0 Å². The second-order valence-corrected chi connectivity index (χ2v) is 5.60. The van der Waals surface area contributed by atoms with Crippen LogP contribution < -0.4 is 5.73 Å². The van der Waals surface area contributed by atoms with E-state index in [1.54, 1.807) is 11.8 Å². The fourth-order valence-electron chi connectivity index (χ4n) is 1.33. The average Bonchev–Trinajstić information content (AvgIpc) is 2.69. The zero-order valence-corrected chi connectivity index (χ0v) is 11.7. The largest absolute Gasteiger partial charge is 0.375 e. The van der Waals surface area contributed by atoms with Crippen molar-refractivity contribution in [1.82, 2.24) is 15.0 Å². The summed E-state index contributed by atoms with van der Waals surface area (Å²) in [6.07, 6.45) is 0. The minimum atomic E-state index is 0.609. The topological polar surface area (TPSA) is 64.7 Å². The predicted octanol–water partition coefficient (Wildman–Crippen LogP) is 2.73. The molecular weight excluding hydrogens is 252 g/mol. The molecule has 4 nitrogen and oxygen atoms in total. The highest BCUT2D eigenvalue weighted by Gasteiger charge is 2.06. The summed E-state index contributed by atoms with van der Waals surface area (Å²) in [5.41, 5.74) is 9.80. The quantitative estimate of drug-likeness (QED) is 0.683. The smallest absolute Gasteiger partial charge is 0.188 e. The Balaban J connectivity index is 2.09. The number of aromatic nitrogens is 3. The standard InChI is InChI=1S/C11H14N4S2/c1-6-7(2)13-11(14-8(6)3)17-5-9-4-16-10(12)15-9/h4H,5H2,1-3H3,(H2,12,15). The van der Waals surface area contributed by atoms with Gasteiger partial charge in [0, 0.05) is 22.5 Å². The van der Waals surface area contributed by atoms with Crippen LogP contribution >= 0.6 is 23.1 Å². The van der Waals surface area contributed by atoms with Crippen molar-refractivity contribution in [2.45, 2.75) is 31.7 Å². The molecule has 0 bridgehead atoms. The second-order valence-electron chi connectivity index (χ2n) is 3.77. The molecule has 0 aliphatic rings. The first-order valence-corrected chi connectivity index (χ1v) is 7.07. The van der Waals surface area contributed by atoms with Gasteiger partial charge in [-0.3, -0.25) is 0 Å². The molecule has 0 aromatic carbocycles. The van der Waals surface area contributed by atoms with E-state index in [1.165, 1.54) is 11.3 Å². The van der Waals surface area contributed by atoms with Crippen LogP contribution in [-0.4, -0.2) is 15.0 Å². The van der Waals surface area contributed by atoms with Gasteiger partial charge in [0.2, 0.25) is 0 Å². The maximum absolute atomic E-state index is 5.58. The molecule has 6 heteroatoms. The summed E-state index contributed by atoms with van der Waals surface area (Å²) in [6.45, 7) is 6.06. The highest BCUT2D eigenvalue weighted by atomic mass is 32.2. The molecule has 2 aromatic rings. The van der Waals surface area contributed by atoms with Crippen molar-refractivity contribution in [2.75, 3.05) is 5.73 Å². The van der Waals surface area contributed by atoms with Crippen molar-refractivity contribution in [3.63, 3.8) is 0 Å². The van der Waals surface area contributed by atoms with Crippen LogP contribution in [0.15, 0.2) is 10.5 Å². The van der Waals surface area contributed by atoms with Gasteiger partial charge in [0.25, 0.3) is 0 Å². The van der Waals surface area contributed by atoms with E-state index in [0.717, 1.165) is 33.6 Å². The monoisotopic (exact) mass is 266 g/mol. The first-order chi connectivity index (χ1) is 8.06. The summed E-state index contributed by atoms with van der Waals surface area (Å²) in [7, 11) is 0. The lowest BCUT2D eigenvalue weighted by Gasteiger charge is -2.05. The Hall–Kier alpha value is -1.14. The van der Waals surface area contributed by atoms with Crippen LogP contribution in [0.3, 0.4) is 0 Å². The predicted molar refractivity (Wildman–Crippen MR) is 72.3 cm³/mol. The highest BCUT2D eigenvalue weighted by Crippen LogP contribution is 2.22. The number of nitrogen functional groups attached to an aromatic ring is 1. The number of aryl methyl sites for hydroxylation is 2. The third-order valence-corrected chi connectivity index (χ3v) is 4.13. The first kappa shape index (κ1) is 12.3. The van der Waals surface area contributed by atoms with Gasteiger partial charge >= 0.3 is 0 Å². The van der Waals surface area contributed by atoms with Gasteiger partial charge in [-0.2, -0.15) is 0 Å². The molecule has 0 radical (unpaired) electrons. The molecule has 0 saturated heterocycles. The fraction of sp³-hybridized carbons (Fsp3) is 0.364. The minimum Gasteiger partial charge on any atom is -0.375 e. The lowest BCUT2D eigenvalue weighted by atomic mass is 10.2. The van der Waals surface area contributed by atoms with E-state index < -0.39 is 0 Å². The van der Waals surface area contributed by atoms with Crippen LogP contribution in [0.2, 0.25) is 0 Å². The van der Waals surface area contributed by atoms with Gasteiger partial charge in [-0.25, -0.2) is 15.0 Å². The molecule has 0 aliphatic heterocycles. The molecule has 2 aromatic heterocycles. The van der Waals surface area contributed by atoms with Crippen molar-refractivity contribution < 1.29 is 0 Å². The minimum absolute atomic E-state index is 0.609. The Labute approximate surface area is 109 Å². The zero-order valence-electron chi connectivity index (χ0n) is 10.0. The van der Waals surface area contributed by atoms with E-state index in [4.69, 9.17) is 5.73 Å². The van der Waals surface area contributed by atoms with Crippen LogP contribution in [0.4, 0.5) is 5.13 Å². The Kier molecular flexibility index (Phi) is 3.63. The van der Waals surface area contributed by atoms with Crippen molar-refractivity contribution in [3.8, 4) is 0 Å². The van der Waals surface area contributed by atoms with Gasteiger partial charge in [0.15, 0.2) is 10.3 Å². The third-order valence-electron chi connectivity index (χ3n) is 2.53. The highest BCUT2D eigenvalue weighted by molar-refractivity contribution is 7.98. The summed E-state index contributed by atoms with van der Waals surface area (Å²) >= 11 is 3.05. The summed E-state index contributed by atoms with van der Waals surface area (Å²) in [5, 5.41) is 3.38. The van der Waals surface area contributed by atoms with E-state index in [1.807, 2.05) is 26.2 Å². The molecule has 0 unspecified atom stereocenters. The maximum atomic E-state index is 5.58. The molecule has 0 atom stereocenters. The molecule has 0 saturated carbocycles. The molecular formula is C11H14N4S2. The van der Waals surface area contributed by atoms with E-state index in [0.29, 0.717) is 5.13 Å². The summed E-state index contributed by atoms with van der Waals surface area (Å²) < 4.78 is 0. The Morgan fingerprint density at radius 2 is 1.82 bits per heavy atom. The molecule has 17 heavy (non-hydrogen) atoms. The van der Waals surface area contributed by atoms with Crippen molar-refractivity contribution in [3.05, 3.63) is 28.0 Å². The van der Waals surface area contributed by atoms with E-state index in [9.17, 15) is 0 Å². The van der Waals surface area contributed by atoms with Gasteiger partial charge in [-0.15, -0.1) is 11.3 Å². The number of thiazole rings is 1. The van der Waals surface area contributed by atoms with Crippen LogP contribution in [0.1, 0.15) is 22.6 Å². The summed E-state index contributed by atoms with van der Waals surface area (Å²) in [4.78, 5) is 13.1. The van der Waals surface area contributed by atoms with Crippen molar-refractivity contribution in [2.24, 2.45) is 0 Å². The fourth-order valence-corrected chi connectivity index (χ4v) is 2.83. The van der Waals surface area contributed by atoms with Crippen LogP contribution in [0, 0.1) is 20.8 Å². The maximum Gasteiger partial charge on any atom is 0.188 e. The van der Waals surface area contributed by atoms with Crippen molar-refractivity contribution in [1.29, 1.82) is 0 Å². The van der Waals surface area contributed by atoms with Crippen molar-refractivity contribution >= 4 is 28.2 Å². The summed E-state index contributed by atoms with van der Waals surface area (Å²) in [5.74, 6) is 0.760. The van der Waals surface area contributed by atoms with E-state index in [-0.39, 0.29) is 0 Å². The molecule has 90 valence electrons. The molecule has 0 amide bonds. The Bertz CT molecular complexity index is 513. The second kappa shape index (κ2) is 5.01. The van der Waals surface area contributed by atoms with Gasteiger partial charge in [0.1, 0.15) is 0 Å². The van der Waals surface area contributed by atoms with Crippen LogP contribution in [0.5, 0.6) is 0 Å². The zero-order chi connectivity index (χ0) is 12.4. The molecule has 0 fully saturated rings. The average molecular weight is 266 g/mol. The molecule has 2 rings (SSSR count).